The zero-order valence-corrected chi connectivity index (χ0v) is 34.2. The van der Waals surface area contributed by atoms with Crippen LogP contribution in [-0.4, -0.2) is 18.6 Å². The fourth-order valence-corrected chi connectivity index (χ4v) is 10.4. The Labute approximate surface area is 349 Å². The molecule has 60 heavy (non-hydrogen) atoms. The maximum absolute atomic E-state index is 4.18. The average molecular weight is 776 g/mol. The first-order valence-corrected chi connectivity index (χ1v) is 21.3. The summed E-state index contributed by atoms with van der Waals surface area (Å²) < 4.78 is 7.47. The van der Waals surface area contributed by atoms with Crippen LogP contribution in [0.5, 0.6) is 0 Å². The first-order chi connectivity index (χ1) is 29.6. The van der Waals surface area contributed by atoms with Gasteiger partial charge >= 0.3 is 0 Å². The van der Waals surface area contributed by atoms with Crippen molar-refractivity contribution in [2.24, 2.45) is 7.05 Å². The van der Waals surface area contributed by atoms with Crippen LogP contribution in [0, 0.1) is 0 Å². The summed E-state index contributed by atoms with van der Waals surface area (Å²) in [5.74, 6) is 0. The Morgan fingerprint density at radius 3 is 2.00 bits per heavy atom. The summed E-state index contributed by atoms with van der Waals surface area (Å²) in [6.45, 7) is 5.27. The first kappa shape index (κ1) is 34.9. The van der Waals surface area contributed by atoms with E-state index in [0.717, 1.165) is 12.8 Å². The quantitative estimate of drug-likeness (QED) is 0.158. The molecule has 0 amide bonds. The van der Waals surface area contributed by atoms with E-state index in [1.807, 2.05) is 0 Å². The third-order valence-corrected chi connectivity index (χ3v) is 13.1. The minimum absolute atomic E-state index is 0.153. The summed E-state index contributed by atoms with van der Waals surface area (Å²) in [6.07, 6.45) is 2.00. The monoisotopic (exact) mass is 775 g/mol. The predicted molar refractivity (Wildman–Crippen MR) is 252 cm³/mol. The molecule has 11 aromatic rings. The molecule has 0 aliphatic carbocycles. The Hall–Kier alpha value is -7.08. The maximum atomic E-state index is 4.18. The molecule has 1 aliphatic heterocycles. The van der Waals surface area contributed by atoms with Crippen LogP contribution >= 0.6 is 0 Å². The van der Waals surface area contributed by atoms with Crippen molar-refractivity contribution in [2.45, 2.75) is 39.5 Å². The van der Waals surface area contributed by atoms with Gasteiger partial charge in [-0.2, -0.15) is 0 Å². The van der Waals surface area contributed by atoms with E-state index in [-0.39, 0.29) is 6.29 Å². The van der Waals surface area contributed by atoms with Crippen LogP contribution in [-0.2, 0) is 13.6 Å². The Bertz CT molecular complexity index is 3530. The SMILES string of the molecule is CCCC1=C(C)N1C(NCc1ccc2c3ccccc3n(-c3ccccc3)c2c1)n1c2ccccc2c2cc3c4c5ccccc5ccc4n(C)c3c(-c3ccccc3)c21. The van der Waals surface area contributed by atoms with Crippen molar-refractivity contribution in [1.29, 1.82) is 0 Å². The van der Waals surface area contributed by atoms with Gasteiger partial charge in [-0.05, 0) is 77.7 Å². The summed E-state index contributed by atoms with van der Waals surface area (Å²) in [4.78, 5) is 2.56. The molecule has 5 nitrogen and oxygen atoms in total. The van der Waals surface area contributed by atoms with Gasteiger partial charge in [-0.1, -0.05) is 141 Å². The third-order valence-electron chi connectivity index (χ3n) is 13.1. The minimum atomic E-state index is -0.153. The van der Waals surface area contributed by atoms with Gasteiger partial charge in [-0.25, -0.2) is 0 Å². The van der Waals surface area contributed by atoms with Crippen molar-refractivity contribution in [2.75, 3.05) is 0 Å². The molecular weight excluding hydrogens is 731 g/mol. The van der Waals surface area contributed by atoms with Gasteiger partial charge < -0.3 is 18.6 Å². The molecule has 290 valence electrons. The normalized spacial score (nSPS) is 13.7. The zero-order valence-electron chi connectivity index (χ0n) is 34.2. The predicted octanol–water partition coefficient (Wildman–Crippen LogP) is 13.9. The number of nitrogens with zero attached hydrogens (tertiary/aromatic N) is 4. The van der Waals surface area contributed by atoms with Crippen LogP contribution in [0.1, 0.15) is 38.5 Å². The van der Waals surface area contributed by atoms with Crippen molar-refractivity contribution in [3.8, 4) is 16.8 Å². The first-order valence-electron chi connectivity index (χ1n) is 21.3. The highest BCUT2D eigenvalue weighted by atomic mass is 15.5. The standard InChI is InChI=1S/C55H45N5/c1-4-17-46-35(2)58(46)55(56-34-36-28-30-43-41-24-13-15-26-47(41)59(50(43)32-36)39-21-9-6-10-22-39)60-48-27-16-14-25-42(48)44-33-45-52-40-23-12-11-18-37(40)29-31-49(52)57(3)53(45)51(54(44)60)38-19-7-5-8-20-38/h5-16,18-33,55-56H,4,17,34H2,1-3H3. The smallest absolute Gasteiger partial charge is 0.166 e. The summed E-state index contributed by atoms with van der Waals surface area (Å²) in [5.41, 5.74) is 15.1. The lowest BCUT2D eigenvalue weighted by atomic mass is 9.96. The lowest BCUT2D eigenvalue weighted by Crippen LogP contribution is -2.34. The van der Waals surface area contributed by atoms with Crippen LogP contribution in [0.4, 0.5) is 0 Å². The third kappa shape index (κ3) is 5.09. The minimum Gasteiger partial charge on any atom is -0.343 e. The van der Waals surface area contributed by atoms with E-state index in [1.54, 1.807) is 0 Å². The van der Waals surface area contributed by atoms with Gasteiger partial charge in [-0.15, -0.1) is 0 Å². The number of hydrogen-bond acceptors (Lipinski definition) is 2. The van der Waals surface area contributed by atoms with Gasteiger partial charge in [0.05, 0.1) is 27.6 Å². The van der Waals surface area contributed by atoms with Gasteiger partial charge in [0.15, 0.2) is 6.29 Å². The van der Waals surface area contributed by atoms with Crippen LogP contribution in [0.25, 0.3) is 93.0 Å². The molecule has 1 N–H and O–H groups in total. The lowest BCUT2D eigenvalue weighted by molar-refractivity contribution is 0.250. The molecule has 0 radical (unpaired) electrons. The number of rotatable bonds is 9. The topological polar surface area (TPSA) is 29.8 Å². The molecule has 1 unspecified atom stereocenters. The Balaban J connectivity index is 1.10. The van der Waals surface area contributed by atoms with Crippen LogP contribution in [0.15, 0.2) is 181 Å². The number of para-hydroxylation sites is 3. The Morgan fingerprint density at radius 1 is 0.550 bits per heavy atom. The highest BCUT2D eigenvalue weighted by Gasteiger charge is 2.38. The van der Waals surface area contributed by atoms with E-state index in [1.165, 1.54) is 110 Å². The van der Waals surface area contributed by atoms with Crippen LogP contribution in [0.2, 0.25) is 0 Å². The molecule has 3 aromatic heterocycles. The van der Waals surface area contributed by atoms with Crippen molar-refractivity contribution < 1.29 is 0 Å². The molecule has 0 bridgehead atoms. The van der Waals surface area contributed by atoms with Gasteiger partial charge in [0, 0.05) is 74.1 Å². The Kier molecular flexibility index (Phi) is 7.85. The number of hydrogen-bond donors (Lipinski definition) is 1. The van der Waals surface area contributed by atoms with E-state index in [0.29, 0.717) is 6.54 Å². The molecule has 1 aliphatic rings. The second-order valence-electron chi connectivity index (χ2n) is 16.5. The highest BCUT2D eigenvalue weighted by molar-refractivity contribution is 6.29. The zero-order chi connectivity index (χ0) is 40.1. The summed E-state index contributed by atoms with van der Waals surface area (Å²) in [7, 11) is 2.25. The maximum Gasteiger partial charge on any atom is 0.166 e. The number of benzene rings is 8. The van der Waals surface area contributed by atoms with Gasteiger partial charge in [0.1, 0.15) is 0 Å². The molecule has 8 aromatic carbocycles. The number of allylic oxidation sites excluding steroid dienone is 2. The van der Waals surface area contributed by atoms with Crippen molar-refractivity contribution >= 4 is 76.2 Å². The number of nitrogens with one attached hydrogen (secondary N) is 1. The van der Waals surface area contributed by atoms with E-state index in [4.69, 9.17) is 0 Å². The summed E-state index contributed by atoms with van der Waals surface area (Å²) in [5, 5.41) is 14.4. The van der Waals surface area contributed by atoms with Gasteiger partial charge in [0.25, 0.3) is 0 Å². The lowest BCUT2D eigenvalue weighted by Gasteiger charge is -2.28. The summed E-state index contributed by atoms with van der Waals surface area (Å²) >= 11 is 0. The number of fused-ring (bicyclic) bond motifs is 11. The molecule has 5 heteroatoms. The second-order valence-corrected chi connectivity index (χ2v) is 16.5. The molecule has 4 heterocycles. The average Bonchev–Trinajstić information content (AvgIpc) is 3.53. The van der Waals surface area contributed by atoms with Crippen LogP contribution in [0.3, 0.4) is 0 Å². The van der Waals surface area contributed by atoms with Crippen LogP contribution < -0.4 is 5.32 Å². The van der Waals surface area contributed by atoms with E-state index >= 15 is 0 Å². The molecule has 12 rings (SSSR count). The molecule has 0 spiro atoms. The summed E-state index contributed by atoms with van der Waals surface area (Å²) in [6, 6.07) is 62.6. The van der Waals surface area contributed by atoms with Crippen molar-refractivity contribution in [3.63, 3.8) is 0 Å². The number of aryl methyl sites for hydroxylation is 1. The largest absolute Gasteiger partial charge is 0.343 e. The van der Waals surface area contributed by atoms with E-state index < -0.39 is 0 Å². The molecule has 0 saturated carbocycles. The molecule has 1 atom stereocenters. The second kappa shape index (κ2) is 13.5. The van der Waals surface area contributed by atoms with Crippen molar-refractivity contribution in [3.05, 3.63) is 187 Å². The Morgan fingerprint density at radius 2 is 1.22 bits per heavy atom. The van der Waals surface area contributed by atoms with E-state index in [9.17, 15) is 0 Å². The van der Waals surface area contributed by atoms with Gasteiger partial charge in [0.2, 0.25) is 0 Å². The van der Waals surface area contributed by atoms with E-state index in [2.05, 4.69) is 215 Å². The number of aromatic nitrogens is 3. The van der Waals surface area contributed by atoms with Crippen molar-refractivity contribution in [1.82, 2.24) is 23.9 Å². The molecule has 0 saturated heterocycles. The fourth-order valence-electron chi connectivity index (χ4n) is 10.4. The highest BCUT2D eigenvalue weighted by Crippen LogP contribution is 2.49. The van der Waals surface area contributed by atoms with Gasteiger partial charge in [-0.3, -0.25) is 5.32 Å². The fraction of sp³-hybridized carbons (Fsp3) is 0.127. The molecule has 0 fully saturated rings. The molecular formula is C55H45N5.